The lowest BCUT2D eigenvalue weighted by Gasteiger charge is -2.21. The molecule has 0 aromatic carbocycles. The van der Waals surface area contributed by atoms with Gasteiger partial charge < -0.3 is 4.74 Å². The largest absolute Gasteiger partial charge is 0.444 e. The van der Waals surface area contributed by atoms with Crippen LogP contribution in [0, 0.1) is 11.8 Å². The van der Waals surface area contributed by atoms with E-state index in [-0.39, 0.29) is 11.7 Å². The van der Waals surface area contributed by atoms with Crippen molar-refractivity contribution in [3.63, 3.8) is 0 Å². The normalized spacial score (nSPS) is 41.7. The number of rotatable bonds is 0. The van der Waals surface area contributed by atoms with Gasteiger partial charge in [-0.2, -0.15) is 0 Å². The second-order valence-electron chi connectivity index (χ2n) is 6.20. The predicted molar refractivity (Wildman–Crippen MR) is 56.5 cm³/mol. The van der Waals surface area contributed by atoms with E-state index in [2.05, 4.69) is 0 Å². The molecule has 0 aromatic rings. The van der Waals surface area contributed by atoms with Crippen LogP contribution in [-0.2, 0) is 4.74 Å². The van der Waals surface area contributed by atoms with Gasteiger partial charge in [-0.1, -0.05) is 0 Å². The van der Waals surface area contributed by atoms with Crippen LogP contribution in [0.15, 0.2) is 0 Å². The van der Waals surface area contributed by atoms with Crippen molar-refractivity contribution in [1.82, 2.24) is 4.90 Å². The first-order valence-electron chi connectivity index (χ1n) is 5.99. The van der Waals surface area contributed by atoms with Crippen LogP contribution in [0.25, 0.3) is 0 Å². The Kier molecular flexibility index (Phi) is 1.70. The molecule has 1 amide bonds. The minimum Gasteiger partial charge on any atom is -0.444 e. The first-order chi connectivity index (χ1) is 6.97. The van der Waals surface area contributed by atoms with Crippen LogP contribution >= 0.6 is 0 Å². The molecule has 0 N–H and O–H groups in total. The smallest absolute Gasteiger partial charge is 0.410 e. The second-order valence-corrected chi connectivity index (χ2v) is 6.20. The van der Waals surface area contributed by atoms with Gasteiger partial charge in [0.25, 0.3) is 0 Å². The fraction of sp³-hybridized carbons (Fsp3) is 0.917. The number of nitrogens with zero attached hydrogens (tertiary/aromatic N) is 1. The van der Waals surface area contributed by atoms with E-state index >= 15 is 0 Å². The fourth-order valence-corrected chi connectivity index (χ4v) is 3.51. The van der Waals surface area contributed by atoms with Gasteiger partial charge in [-0.3, -0.25) is 4.90 Å². The summed E-state index contributed by atoms with van der Waals surface area (Å²) in [5.74, 6) is 1.57. The van der Waals surface area contributed by atoms with Gasteiger partial charge >= 0.3 is 6.09 Å². The van der Waals surface area contributed by atoms with E-state index in [0.29, 0.717) is 12.1 Å². The van der Waals surface area contributed by atoms with Crippen molar-refractivity contribution in [2.45, 2.75) is 57.7 Å². The highest BCUT2D eigenvalue weighted by Gasteiger charge is 2.66. The Hall–Kier alpha value is -0.730. The molecule has 0 radical (unpaired) electrons. The lowest BCUT2D eigenvalue weighted by molar-refractivity contribution is 0.0366. The van der Waals surface area contributed by atoms with Crippen LogP contribution < -0.4 is 0 Å². The Morgan fingerprint density at radius 2 is 1.73 bits per heavy atom. The van der Waals surface area contributed by atoms with Crippen LogP contribution in [0.1, 0.15) is 40.0 Å². The van der Waals surface area contributed by atoms with Gasteiger partial charge in [0.15, 0.2) is 0 Å². The summed E-state index contributed by atoms with van der Waals surface area (Å²) in [7, 11) is 0. The molecule has 3 nitrogen and oxygen atoms in total. The molecule has 1 aliphatic heterocycles. The summed E-state index contributed by atoms with van der Waals surface area (Å²) in [6.45, 7) is 5.79. The Balaban J connectivity index is 1.65. The first-order valence-corrected chi connectivity index (χ1v) is 5.99. The van der Waals surface area contributed by atoms with Crippen LogP contribution in [0.4, 0.5) is 4.79 Å². The third-order valence-electron chi connectivity index (χ3n) is 3.99. The Morgan fingerprint density at radius 1 is 1.20 bits per heavy atom. The molecule has 2 saturated carbocycles. The number of hydrogen-bond donors (Lipinski definition) is 0. The number of carbonyl (C=O) groups excluding carboxylic acids is 1. The highest BCUT2D eigenvalue weighted by molar-refractivity contribution is 5.73. The number of hydrogen-bond acceptors (Lipinski definition) is 2. The molecular formula is C12H19NO2. The molecule has 4 unspecified atom stereocenters. The fourth-order valence-electron chi connectivity index (χ4n) is 3.51. The van der Waals surface area contributed by atoms with Crippen molar-refractivity contribution in [2.24, 2.45) is 11.8 Å². The van der Waals surface area contributed by atoms with Crippen molar-refractivity contribution < 1.29 is 9.53 Å². The summed E-state index contributed by atoms with van der Waals surface area (Å²) < 4.78 is 5.41. The summed E-state index contributed by atoms with van der Waals surface area (Å²) in [6.07, 6.45) is 3.92. The monoisotopic (exact) mass is 209 g/mol. The zero-order valence-corrected chi connectivity index (χ0v) is 9.69. The number of likely N-dealkylation sites (tertiary alicyclic amines) is 1. The summed E-state index contributed by atoms with van der Waals surface area (Å²) >= 11 is 0. The van der Waals surface area contributed by atoms with E-state index in [9.17, 15) is 4.79 Å². The molecule has 0 spiro atoms. The van der Waals surface area contributed by atoms with Crippen LogP contribution in [-0.4, -0.2) is 28.7 Å². The maximum atomic E-state index is 11.9. The molecule has 0 aromatic heterocycles. The standard InChI is InChI=1S/C12H19NO2/c1-12(2,3)15-11(14)13-9-7-4-5-8(6-7)10(9)13/h7-10H,4-6H2,1-3H3. The molecule has 3 heteroatoms. The van der Waals surface area contributed by atoms with Gasteiger partial charge in [-0.25, -0.2) is 4.79 Å². The minimum atomic E-state index is -0.354. The topological polar surface area (TPSA) is 29.3 Å². The molecule has 2 aliphatic carbocycles. The zero-order valence-electron chi connectivity index (χ0n) is 9.69. The molecule has 2 bridgehead atoms. The van der Waals surface area contributed by atoms with Gasteiger partial charge in [-0.15, -0.1) is 0 Å². The van der Waals surface area contributed by atoms with Gasteiger partial charge in [0.2, 0.25) is 0 Å². The number of carbonyl (C=O) groups is 1. The first kappa shape index (κ1) is 9.49. The second kappa shape index (κ2) is 2.69. The quantitative estimate of drug-likeness (QED) is 0.573. The van der Waals surface area contributed by atoms with E-state index in [0.717, 1.165) is 11.8 Å². The van der Waals surface area contributed by atoms with E-state index in [4.69, 9.17) is 4.74 Å². The Labute approximate surface area is 90.8 Å². The maximum absolute atomic E-state index is 11.9. The van der Waals surface area contributed by atoms with E-state index in [1.165, 1.54) is 19.3 Å². The van der Waals surface area contributed by atoms with Gasteiger partial charge in [0.05, 0.1) is 12.1 Å². The van der Waals surface area contributed by atoms with Gasteiger partial charge in [0.1, 0.15) is 5.60 Å². The van der Waals surface area contributed by atoms with Crippen LogP contribution in [0.5, 0.6) is 0 Å². The van der Waals surface area contributed by atoms with Crippen molar-refractivity contribution >= 4 is 6.09 Å². The summed E-state index contributed by atoms with van der Waals surface area (Å²) in [6, 6.07) is 1.08. The lowest BCUT2D eigenvalue weighted by atomic mass is 10.0. The van der Waals surface area contributed by atoms with Gasteiger partial charge in [-0.05, 0) is 51.9 Å². The molecule has 1 saturated heterocycles. The predicted octanol–water partition coefficient (Wildman–Crippen LogP) is 2.40. The molecule has 3 aliphatic rings. The van der Waals surface area contributed by atoms with Crippen molar-refractivity contribution in [1.29, 1.82) is 0 Å². The Bertz CT molecular complexity index is 291. The molecule has 84 valence electrons. The zero-order chi connectivity index (χ0) is 10.8. The number of piperidine rings is 1. The molecule has 3 fully saturated rings. The van der Waals surface area contributed by atoms with Crippen LogP contribution in [0.2, 0.25) is 0 Å². The van der Waals surface area contributed by atoms with Crippen molar-refractivity contribution in [3.8, 4) is 0 Å². The third-order valence-corrected chi connectivity index (χ3v) is 3.99. The number of amides is 1. The van der Waals surface area contributed by atoms with Crippen molar-refractivity contribution in [2.75, 3.05) is 0 Å². The van der Waals surface area contributed by atoms with E-state index < -0.39 is 0 Å². The molecule has 4 atom stereocenters. The SMILES string of the molecule is CC(C)(C)OC(=O)N1C2C3CCC(C3)C21. The summed E-state index contributed by atoms with van der Waals surface area (Å²) in [5, 5.41) is 0. The minimum absolute atomic E-state index is 0.0888. The highest BCUT2D eigenvalue weighted by atomic mass is 16.6. The molecule has 15 heavy (non-hydrogen) atoms. The lowest BCUT2D eigenvalue weighted by Crippen LogP contribution is -2.30. The van der Waals surface area contributed by atoms with E-state index in [1.54, 1.807) is 0 Å². The third kappa shape index (κ3) is 1.35. The van der Waals surface area contributed by atoms with Gasteiger partial charge in [0, 0.05) is 0 Å². The number of fused-ring (bicyclic) bond motifs is 5. The van der Waals surface area contributed by atoms with E-state index in [1.807, 2.05) is 25.7 Å². The molecule has 1 heterocycles. The summed E-state index contributed by atoms with van der Waals surface area (Å²) in [5.41, 5.74) is -0.354. The number of ether oxygens (including phenoxy) is 1. The molecular weight excluding hydrogens is 190 g/mol. The molecule has 3 rings (SSSR count). The van der Waals surface area contributed by atoms with Crippen molar-refractivity contribution in [3.05, 3.63) is 0 Å². The highest BCUT2D eigenvalue weighted by Crippen LogP contribution is 2.58. The van der Waals surface area contributed by atoms with Crippen LogP contribution in [0.3, 0.4) is 0 Å². The summed E-state index contributed by atoms with van der Waals surface area (Å²) in [4.78, 5) is 13.8. The Morgan fingerprint density at radius 3 is 2.20 bits per heavy atom. The maximum Gasteiger partial charge on any atom is 0.410 e. The average molecular weight is 209 g/mol. The average Bonchev–Trinajstić information content (AvgIpc) is 2.55.